The van der Waals surface area contributed by atoms with Crippen LogP contribution in [0.4, 0.5) is 0 Å². The van der Waals surface area contributed by atoms with Gasteiger partial charge in [-0.2, -0.15) is 0 Å². The number of alkyl halides is 2. The Kier molecular flexibility index (Phi) is 45.6. The fourth-order valence-electron chi connectivity index (χ4n) is 17.2. The fourth-order valence-corrected chi connectivity index (χ4v) is 17.2. The minimum absolute atomic E-state index is 0.171. The van der Waals surface area contributed by atoms with Gasteiger partial charge >= 0.3 is 3.18 Å². The number of carbonyl (C=O) groups excluding carboxylic acids is 6. The van der Waals surface area contributed by atoms with Gasteiger partial charge in [0.1, 0.15) is 34.5 Å². The predicted octanol–water partition coefficient (Wildman–Crippen LogP) is 24.6. The summed E-state index contributed by atoms with van der Waals surface area (Å²) >= 11 is 18.8. The zero-order valence-electron chi connectivity index (χ0n) is 70.4. The number of allylic oxidation sites excluding steroid dienone is 4. The molecule has 3 aliphatic heterocycles. The van der Waals surface area contributed by atoms with Crippen LogP contribution in [-0.2, 0) is 56.0 Å². The molecule has 3 fully saturated rings. The van der Waals surface area contributed by atoms with E-state index in [1.165, 1.54) is 136 Å². The average Bonchev–Trinajstić information content (AvgIpc) is 1.36. The number of benzene rings is 5. The standard InChI is InChI=1S/C19H26O3.C19H24O2.C18H22O2.C15H20O2.C11H12O2.C4H9N.2C4H8O.CH2Cl2.BBr3/c1-4-5-10-19(11-8-14(2)20)12-9-15-13-16(22-3)6-7-17(15)18(19)21;1-3-4-9-19-10-7-14-12-16(21-2)5-6-17(14)18(19)13-15(20)8-11-19;1-2-3-8-18-9-6-13-11-14(19)4-5-16(13)17(18)12-15(20)7-10-18;1-3-4-5-11-6-7-12-10-13(17-2)8-9-14(12)15(11)16;1-13-9-5-6-10-8(7-9)3-2-4-11(10)12;3*1-2-4-5-3-1;2-1-3;2-1(3)4/h6-7,13H,4-5,8-12H2,1-3H3;5-6,12-13H,3-4,7-11H2,1-2H3;4-5,11-12,19H,2-3,6-10H2,1H3;8-11H,3-7H2,1-2H3;5-7H,2-4H2,1H3;5H,1-4H2;2*1-4H2;1H2;. The maximum absolute atomic E-state index is 13.1. The van der Waals surface area contributed by atoms with Crippen molar-refractivity contribution in [3.63, 3.8) is 0 Å². The molecule has 115 heavy (non-hydrogen) atoms. The average molecular weight is 1820 g/mol. The predicted molar refractivity (Wildman–Crippen MR) is 484 cm³/mol. The monoisotopic (exact) mass is 1810 g/mol. The molecule has 0 aromatic heterocycles. The van der Waals surface area contributed by atoms with E-state index >= 15 is 0 Å². The second kappa shape index (κ2) is 53.3. The minimum atomic E-state index is -0.344. The summed E-state index contributed by atoms with van der Waals surface area (Å²) in [5, 5.41) is 13.1. The van der Waals surface area contributed by atoms with E-state index in [4.69, 9.17) is 51.6 Å². The summed E-state index contributed by atoms with van der Waals surface area (Å²) in [7, 11) is 6.66. The number of phenols is 1. The van der Waals surface area contributed by atoms with Crippen molar-refractivity contribution in [3.05, 3.63) is 159 Å². The van der Waals surface area contributed by atoms with Crippen LogP contribution in [0.1, 0.15) is 297 Å². The molecule has 2 N–H and O–H groups in total. The van der Waals surface area contributed by atoms with E-state index in [9.17, 15) is 33.9 Å². The van der Waals surface area contributed by atoms with E-state index in [1.54, 1.807) is 41.4 Å². The zero-order valence-corrected chi connectivity index (χ0v) is 76.7. The number of halogens is 5. The van der Waals surface area contributed by atoms with Crippen molar-refractivity contribution in [3.8, 4) is 28.7 Å². The first-order valence-corrected chi connectivity index (χ1v) is 46.4. The van der Waals surface area contributed by atoms with Crippen molar-refractivity contribution in [1.29, 1.82) is 0 Å². The van der Waals surface area contributed by atoms with E-state index in [0.717, 1.165) is 192 Å². The van der Waals surface area contributed by atoms with Gasteiger partial charge in [-0.3, -0.25) is 24.0 Å². The molecule has 15 rings (SSSR count). The van der Waals surface area contributed by atoms with Crippen LogP contribution in [0.25, 0.3) is 11.1 Å². The van der Waals surface area contributed by atoms with Gasteiger partial charge in [0, 0.05) is 80.1 Å². The number of aromatic hydroxyl groups is 1. The van der Waals surface area contributed by atoms with Crippen LogP contribution in [0.5, 0.6) is 28.7 Å². The number of ether oxygens (including phenoxy) is 6. The molecule has 5 aromatic carbocycles. The fraction of sp³-hybridized carbons (Fsp3) is 0.579. The number of ketones is 6. The minimum Gasteiger partial charge on any atom is -0.508 e. The lowest BCUT2D eigenvalue weighted by Gasteiger charge is -2.43. The van der Waals surface area contributed by atoms with Gasteiger partial charge in [-0.15, -0.1) is 70.5 Å². The van der Waals surface area contributed by atoms with Gasteiger partial charge in [0.15, 0.2) is 28.9 Å². The Morgan fingerprint density at radius 2 is 0.887 bits per heavy atom. The van der Waals surface area contributed by atoms with E-state index in [1.807, 2.05) is 84.9 Å². The molecule has 3 saturated heterocycles. The highest BCUT2D eigenvalue weighted by Crippen LogP contribution is 2.55. The molecule has 4 atom stereocenters. The summed E-state index contributed by atoms with van der Waals surface area (Å²) in [6.07, 6.45) is 40.8. The number of aryl methyl sites for hydroxylation is 5. The lowest BCUT2D eigenvalue weighted by molar-refractivity contribution is -0.117. The van der Waals surface area contributed by atoms with Crippen LogP contribution >= 0.6 is 70.5 Å². The Hall–Kier alpha value is -5.44. The molecule has 10 aliphatic rings. The van der Waals surface area contributed by atoms with Crippen molar-refractivity contribution in [2.45, 2.75) is 259 Å². The largest absolute Gasteiger partial charge is 0.508 e. The normalized spacial score (nSPS) is 20.7. The number of hydrogen-bond donors (Lipinski definition) is 2. The first-order valence-electron chi connectivity index (χ1n) is 42.6. The summed E-state index contributed by atoms with van der Waals surface area (Å²) < 4.78 is 31.1. The highest BCUT2D eigenvalue weighted by atomic mass is 79.9. The highest BCUT2D eigenvalue weighted by molar-refractivity contribution is 9.69. The van der Waals surface area contributed by atoms with Gasteiger partial charge in [-0.05, 0) is 320 Å². The Morgan fingerprint density at radius 3 is 1.32 bits per heavy atom. The van der Waals surface area contributed by atoms with Crippen LogP contribution in [0.15, 0.2) is 103 Å². The number of unbranched alkanes of at least 4 members (excludes halogenated alkanes) is 4. The summed E-state index contributed by atoms with van der Waals surface area (Å²) in [5.74, 6) is 5.53. The summed E-state index contributed by atoms with van der Waals surface area (Å²) in [4.78, 5) is 72.1. The quantitative estimate of drug-likeness (QED) is 0.0586. The van der Waals surface area contributed by atoms with E-state index < -0.39 is 0 Å². The third-order valence-electron chi connectivity index (χ3n) is 23.8. The second-order valence-corrected chi connectivity index (χ2v) is 38.9. The number of carbonyl (C=O) groups is 6. The van der Waals surface area contributed by atoms with Crippen LogP contribution in [-0.4, -0.2) is 116 Å². The van der Waals surface area contributed by atoms with Crippen molar-refractivity contribution in [2.75, 3.05) is 73.3 Å². The SMILES string of the molecule is BrB(Br)Br.C1CCNC1.C1CCOC1.C1CCOC1.CCCCC1(CCC(C)=O)CCc2cc(OC)ccc2C1=O.CCCCC12CCC(=O)C=C1c1ccc(O)cc1CC2.CCCCC12CCC(=O)C=C1c1ccc(OC)cc1CC2.CCCCC1CCc2cc(OC)ccc2C1=O.COc1ccc2c(c1)CCCC2=O.ClCCl. The first-order chi connectivity index (χ1) is 55.6. The maximum atomic E-state index is 13.1. The molecule has 20 heteroatoms. The molecule has 7 aliphatic carbocycles. The number of rotatable bonds is 19. The molecule has 14 nitrogen and oxygen atoms in total. The number of fused-ring (bicyclic) bond motifs is 9. The van der Waals surface area contributed by atoms with Crippen LogP contribution in [0.3, 0.4) is 0 Å². The molecule has 5 aromatic rings. The maximum Gasteiger partial charge on any atom is 0.369 e. The summed E-state index contributed by atoms with van der Waals surface area (Å²) in [6.45, 7) is 16.9. The highest BCUT2D eigenvalue weighted by Gasteiger charge is 2.44. The van der Waals surface area contributed by atoms with Crippen LogP contribution < -0.4 is 24.3 Å². The Balaban J connectivity index is 0.000000210. The van der Waals surface area contributed by atoms with Crippen molar-refractivity contribution in [2.24, 2.45) is 22.2 Å². The van der Waals surface area contributed by atoms with Crippen LogP contribution in [0.2, 0.25) is 0 Å². The third kappa shape index (κ3) is 31.3. The number of Topliss-reactive ketones (excluding diaryl/α,β-unsaturated/α-hetero) is 4. The summed E-state index contributed by atoms with van der Waals surface area (Å²) in [6, 6.07) is 29.1. The van der Waals surface area contributed by atoms with Gasteiger partial charge < -0.3 is 43.6 Å². The van der Waals surface area contributed by atoms with Gasteiger partial charge in [0.05, 0.1) is 33.8 Å². The molecular formula is C95H131BBr3Cl2NO13. The van der Waals surface area contributed by atoms with Gasteiger partial charge in [-0.1, -0.05) is 91.2 Å². The van der Waals surface area contributed by atoms with E-state index in [-0.39, 0.29) is 53.8 Å². The Bertz CT molecular complexity index is 3880. The molecule has 0 amide bonds. The number of hydrogen-bond acceptors (Lipinski definition) is 14. The molecule has 0 bridgehead atoms. The second-order valence-electron chi connectivity index (χ2n) is 31.6. The van der Waals surface area contributed by atoms with E-state index in [0.29, 0.717) is 43.0 Å². The number of phenolic OH excluding ortho intramolecular Hbond substituents is 1. The molecule has 0 spiro atoms. The van der Waals surface area contributed by atoms with E-state index in [2.05, 4.69) is 92.4 Å². The zero-order chi connectivity index (χ0) is 83.6. The smallest absolute Gasteiger partial charge is 0.369 e. The molecule has 632 valence electrons. The lowest BCUT2D eigenvalue weighted by Crippen LogP contribution is -2.36. The van der Waals surface area contributed by atoms with Crippen molar-refractivity contribution >= 4 is 120 Å². The van der Waals surface area contributed by atoms with Crippen molar-refractivity contribution in [1.82, 2.24) is 5.32 Å². The molecular weight excluding hydrogens is 1680 g/mol. The van der Waals surface area contributed by atoms with Gasteiger partial charge in [-0.25, -0.2) is 0 Å². The molecule has 3 heterocycles. The molecule has 4 unspecified atom stereocenters. The Morgan fingerprint density at radius 1 is 0.487 bits per heavy atom. The third-order valence-corrected chi connectivity index (χ3v) is 23.8. The first kappa shape index (κ1) is 98.4. The summed E-state index contributed by atoms with van der Waals surface area (Å²) in [5.41, 5.74) is 13.6. The number of nitrogens with one attached hydrogen (secondary N) is 1. The Labute approximate surface area is 724 Å². The lowest BCUT2D eigenvalue weighted by atomic mass is 9.61. The number of methoxy groups -OCH3 is 4. The van der Waals surface area contributed by atoms with Gasteiger partial charge in [0.25, 0.3) is 0 Å². The molecule has 0 radical (unpaired) electrons. The topological polar surface area (TPSA) is 190 Å². The van der Waals surface area contributed by atoms with Gasteiger partial charge in [0.2, 0.25) is 0 Å². The molecule has 0 saturated carbocycles. The van der Waals surface area contributed by atoms with Crippen molar-refractivity contribution < 1.29 is 62.3 Å². The van der Waals surface area contributed by atoms with Crippen LogP contribution in [0, 0.1) is 22.2 Å².